The van der Waals surface area contributed by atoms with Crippen LogP contribution in [0.3, 0.4) is 0 Å². The molecule has 1 atom stereocenters. The highest BCUT2D eigenvalue weighted by Crippen LogP contribution is 2.33. The van der Waals surface area contributed by atoms with Gasteiger partial charge in [-0.3, -0.25) is 20.6 Å². The summed E-state index contributed by atoms with van der Waals surface area (Å²) in [6, 6.07) is 13.2. The zero-order valence-corrected chi connectivity index (χ0v) is 19.5. The molecule has 0 aliphatic carbocycles. The van der Waals surface area contributed by atoms with E-state index in [0.717, 1.165) is 11.1 Å². The number of hydrogen-bond acceptors (Lipinski definition) is 11. The first-order chi connectivity index (χ1) is 17.7. The third kappa shape index (κ3) is 4.27. The van der Waals surface area contributed by atoms with Crippen LogP contribution in [-0.4, -0.2) is 64.1 Å². The smallest absolute Gasteiger partial charge is 0.267 e. The van der Waals surface area contributed by atoms with Crippen LogP contribution in [0, 0.1) is 6.92 Å². The molecule has 0 spiro atoms. The zero-order chi connectivity index (χ0) is 24.5. The topological polar surface area (TPSA) is 130 Å². The number of morpholine rings is 1. The molecule has 0 bridgehead atoms. The SMILES string of the molecule is Cc1cc(C2=NNC3c4ccccc4C(OCc4ccc(C(=O)NN5CCOCC5)cn4)=NN23)no1. The number of benzene rings is 1. The molecule has 1 amide bonds. The van der Waals surface area contributed by atoms with Gasteiger partial charge in [-0.15, -0.1) is 5.10 Å². The Morgan fingerprint density at radius 2 is 2.08 bits per heavy atom. The number of fused-ring (bicyclic) bond motifs is 3. The second-order valence-electron chi connectivity index (χ2n) is 8.49. The van der Waals surface area contributed by atoms with Crippen molar-refractivity contribution in [1.82, 2.24) is 31.0 Å². The lowest BCUT2D eigenvalue weighted by Gasteiger charge is -2.29. The first-order valence-corrected chi connectivity index (χ1v) is 11.6. The van der Waals surface area contributed by atoms with Gasteiger partial charge in [0.15, 0.2) is 11.9 Å². The van der Waals surface area contributed by atoms with E-state index in [9.17, 15) is 4.79 Å². The van der Waals surface area contributed by atoms with Gasteiger partial charge in [0.2, 0.25) is 11.7 Å². The Labute approximate surface area is 206 Å². The number of aromatic nitrogens is 2. The average molecular weight is 489 g/mol. The second kappa shape index (κ2) is 9.40. The molecule has 3 aliphatic rings. The fourth-order valence-corrected chi connectivity index (χ4v) is 4.16. The molecule has 3 aliphatic heterocycles. The van der Waals surface area contributed by atoms with E-state index in [-0.39, 0.29) is 18.7 Å². The van der Waals surface area contributed by atoms with Crippen molar-refractivity contribution >= 4 is 17.6 Å². The summed E-state index contributed by atoms with van der Waals surface area (Å²) < 4.78 is 16.6. The maximum atomic E-state index is 12.5. The van der Waals surface area contributed by atoms with E-state index in [0.29, 0.717) is 60.7 Å². The molecule has 3 aromatic rings. The number of nitrogens with zero attached hydrogens (tertiary/aromatic N) is 6. The largest absolute Gasteiger partial charge is 0.470 e. The van der Waals surface area contributed by atoms with Gasteiger partial charge < -0.3 is 14.0 Å². The molecule has 6 rings (SSSR count). The summed E-state index contributed by atoms with van der Waals surface area (Å²) in [5.41, 5.74) is 9.56. The fourth-order valence-electron chi connectivity index (χ4n) is 4.16. The minimum absolute atomic E-state index is 0.181. The second-order valence-corrected chi connectivity index (χ2v) is 8.49. The van der Waals surface area contributed by atoms with Crippen molar-refractivity contribution in [3.8, 4) is 0 Å². The molecule has 36 heavy (non-hydrogen) atoms. The molecule has 12 nitrogen and oxygen atoms in total. The lowest BCUT2D eigenvalue weighted by molar-refractivity contribution is 0.0126. The molecule has 2 N–H and O–H groups in total. The van der Waals surface area contributed by atoms with Crippen molar-refractivity contribution < 1.29 is 18.8 Å². The van der Waals surface area contributed by atoms with Gasteiger partial charge >= 0.3 is 0 Å². The molecular weight excluding hydrogens is 464 g/mol. The third-order valence-electron chi connectivity index (χ3n) is 6.01. The molecule has 1 aromatic carbocycles. The van der Waals surface area contributed by atoms with Gasteiger partial charge in [-0.05, 0) is 25.1 Å². The summed E-state index contributed by atoms with van der Waals surface area (Å²) in [6.45, 7) is 4.52. The van der Waals surface area contributed by atoms with E-state index in [1.54, 1.807) is 29.4 Å². The average Bonchev–Trinajstić information content (AvgIpc) is 3.54. The number of hydrazone groups is 2. The first-order valence-electron chi connectivity index (χ1n) is 11.6. The van der Waals surface area contributed by atoms with Crippen LogP contribution in [0.2, 0.25) is 0 Å². The quantitative estimate of drug-likeness (QED) is 0.549. The van der Waals surface area contributed by atoms with Gasteiger partial charge in [-0.25, -0.2) is 10.0 Å². The minimum atomic E-state index is -0.275. The van der Waals surface area contributed by atoms with Crippen LogP contribution in [-0.2, 0) is 16.1 Å². The fraction of sp³-hybridized carbons (Fsp3) is 0.292. The normalized spacial score (nSPS) is 19.0. The Morgan fingerprint density at radius 3 is 2.86 bits per heavy atom. The number of ether oxygens (including phenoxy) is 2. The van der Waals surface area contributed by atoms with Gasteiger partial charge in [0.1, 0.15) is 12.4 Å². The molecule has 12 heteroatoms. The predicted molar refractivity (Wildman–Crippen MR) is 127 cm³/mol. The van der Waals surface area contributed by atoms with Crippen molar-refractivity contribution in [2.75, 3.05) is 26.3 Å². The number of aryl methyl sites for hydroxylation is 1. The van der Waals surface area contributed by atoms with Crippen LogP contribution >= 0.6 is 0 Å². The highest BCUT2D eigenvalue weighted by Gasteiger charge is 2.38. The number of amidine groups is 1. The summed E-state index contributed by atoms with van der Waals surface area (Å²) in [5.74, 6) is 1.46. The Hall–Kier alpha value is -4.29. The molecule has 0 saturated carbocycles. The molecule has 2 aromatic heterocycles. The zero-order valence-electron chi connectivity index (χ0n) is 19.5. The maximum Gasteiger partial charge on any atom is 0.267 e. The number of pyridine rings is 1. The molecular formula is C24H24N8O4. The summed E-state index contributed by atoms with van der Waals surface area (Å²) >= 11 is 0. The summed E-state index contributed by atoms with van der Waals surface area (Å²) in [5, 5.41) is 16.8. The number of carbonyl (C=O) groups excluding carboxylic acids is 1. The number of carbonyl (C=O) groups is 1. The Morgan fingerprint density at radius 1 is 1.22 bits per heavy atom. The number of nitrogens with one attached hydrogen (secondary N) is 2. The standard InChI is InChI=1S/C24H24N8O4/c1-15-12-20(30-36-15)22-27-26-21-18-4-2-3-5-19(18)24(29-32(21)22)35-14-17-7-6-16(13-25-17)23(33)28-31-8-10-34-11-9-31/h2-7,12-13,21,26H,8-11,14H2,1H3,(H,28,33). The van der Waals surface area contributed by atoms with Gasteiger partial charge in [-0.1, -0.05) is 23.4 Å². The van der Waals surface area contributed by atoms with Crippen molar-refractivity contribution in [2.24, 2.45) is 10.2 Å². The minimum Gasteiger partial charge on any atom is -0.470 e. The van der Waals surface area contributed by atoms with Crippen LogP contribution < -0.4 is 10.9 Å². The Balaban J connectivity index is 1.17. The molecule has 1 saturated heterocycles. The van der Waals surface area contributed by atoms with Crippen molar-refractivity contribution in [2.45, 2.75) is 19.7 Å². The van der Waals surface area contributed by atoms with Crippen molar-refractivity contribution in [3.63, 3.8) is 0 Å². The van der Waals surface area contributed by atoms with E-state index in [1.165, 1.54) is 0 Å². The van der Waals surface area contributed by atoms with E-state index >= 15 is 0 Å². The van der Waals surface area contributed by atoms with Crippen LogP contribution in [0.25, 0.3) is 0 Å². The van der Waals surface area contributed by atoms with Gasteiger partial charge in [0.05, 0.1) is 24.5 Å². The Bertz CT molecular complexity index is 1330. The summed E-state index contributed by atoms with van der Waals surface area (Å²) in [7, 11) is 0. The van der Waals surface area contributed by atoms with E-state index < -0.39 is 0 Å². The van der Waals surface area contributed by atoms with Gasteiger partial charge in [0, 0.05) is 36.5 Å². The van der Waals surface area contributed by atoms with Crippen LogP contribution in [0.5, 0.6) is 0 Å². The highest BCUT2D eigenvalue weighted by molar-refractivity contribution is 6.02. The van der Waals surface area contributed by atoms with E-state index in [2.05, 4.69) is 26.1 Å². The van der Waals surface area contributed by atoms with Gasteiger partial charge in [-0.2, -0.15) is 5.10 Å². The monoisotopic (exact) mass is 488 g/mol. The molecule has 5 heterocycles. The Kier molecular flexibility index (Phi) is 5.79. The van der Waals surface area contributed by atoms with Crippen LogP contribution in [0.15, 0.2) is 63.4 Å². The molecule has 1 fully saturated rings. The lowest BCUT2D eigenvalue weighted by Crippen LogP contribution is -2.48. The highest BCUT2D eigenvalue weighted by atomic mass is 16.5. The maximum absolute atomic E-state index is 12.5. The van der Waals surface area contributed by atoms with Crippen LogP contribution in [0.1, 0.15) is 44.8 Å². The first kappa shape index (κ1) is 22.2. The van der Waals surface area contributed by atoms with E-state index in [1.807, 2.05) is 36.2 Å². The number of hydrogen-bond donors (Lipinski definition) is 2. The van der Waals surface area contributed by atoms with Crippen molar-refractivity contribution in [1.29, 1.82) is 0 Å². The lowest BCUT2D eigenvalue weighted by atomic mass is 10.0. The molecule has 1 unspecified atom stereocenters. The molecule has 0 radical (unpaired) electrons. The van der Waals surface area contributed by atoms with Crippen LogP contribution in [0.4, 0.5) is 0 Å². The number of hydrazine groups is 1. The van der Waals surface area contributed by atoms with Crippen molar-refractivity contribution in [3.05, 3.63) is 82.5 Å². The third-order valence-corrected chi connectivity index (χ3v) is 6.01. The van der Waals surface area contributed by atoms with Gasteiger partial charge in [0.25, 0.3) is 5.91 Å². The molecule has 184 valence electrons. The van der Waals surface area contributed by atoms with E-state index in [4.69, 9.17) is 19.1 Å². The number of amides is 1. The summed E-state index contributed by atoms with van der Waals surface area (Å²) in [4.78, 5) is 16.9. The predicted octanol–water partition coefficient (Wildman–Crippen LogP) is 1.51. The number of rotatable bonds is 5. The summed E-state index contributed by atoms with van der Waals surface area (Å²) in [6.07, 6.45) is 1.27.